The molecular formula is C17H23NO4. The quantitative estimate of drug-likeness (QED) is 0.849. The standard InChI is InChI=1S/C17H23NO4/c1-10(14-9-12-5-6-13(14)8-12)18-16(19)11(2)22-17(20)15-4-3-7-21-15/h3-4,7,10-14H,5-6,8-9H2,1-2H3,(H,18,19)/t10-,11-,12-,13-,14-/m0/s1. The normalized spacial score (nSPS) is 29.1. The van der Waals surface area contributed by atoms with Gasteiger partial charge in [0.1, 0.15) is 0 Å². The van der Waals surface area contributed by atoms with Crippen LogP contribution in [-0.4, -0.2) is 24.0 Å². The van der Waals surface area contributed by atoms with Crippen molar-refractivity contribution in [3.8, 4) is 0 Å². The summed E-state index contributed by atoms with van der Waals surface area (Å²) in [6.07, 6.45) is 5.75. The molecule has 1 aromatic heterocycles. The number of carbonyl (C=O) groups is 2. The van der Waals surface area contributed by atoms with Gasteiger partial charge in [0.15, 0.2) is 6.10 Å². The summed E-state index contributed by atoms with van der Waals surface area (Å²) in [6.45, 7) is 3.65. The highest BCUT2D eigenvalue weighted by Gasteiger charge is 2.42. The Labute approximate surface area is 130 Å². The monoisotopic (exact) mass is 305 g/mol. The molecule has 0 aromatic carbocycles. The fourth-order valence-electron chi connectivity index (χ4n) is 4.02. The number of hydrogen-bond donors (Lipinski definition) is 1. The zero-order chi connectivity index (χ0) is 15.7. The van der Waals surface area contributed by atoms with Gasteiger partial charge in [-0.3, -0.25) is 4.79 Å². The van der Waals surface area contributed by atoms with Gasteiger partial charge < -0.3 is 14.5 Å². The summed E-state index contributed by atoms with van der Waals surface area (Å²) >= 11 is 0. The maximum Gasteiger partial charge on any atom is 0.374 e. The van der Waals surface area contributed by atoms with E-state index in [2.05, 4.69) is 12.2 Å². The number of esters is 1. The predicted molar refractivity (Wildman–Crippen MR) is 80.1 cm³/mol. The molecule has 1 N–H and O–H groups in total. The molecule has 5 atom stereocenters. The lowest BCUT2D eigenvalue weighted by Gasteiger charge is -2.29. The van der Waals surface area contributed by atoms with Crippen LogP contribution in [0.15, 0.2) is 22.8 Å². The minimum Gasteiger partial charge on any atom is -0.457 e. The Morgan fingerprint density at radius 1 is 1.32 bits per heavy atom. The van der Waals surface area contributed by atoms with Crippen molar-refractivity contribution in [1.29, 1.82) is 0 Å². The molecule has 22 heavy (non-hydrogen) atoms. The fourth-order valence-corrected chi connectivity index (χ4v) is 4.02. The van der Waals surface area contributed by atoms with E-state index < -0.39 is 12.1 Å². The molecule has 1 aromatic rings. The first-order valence-corrected chi connectivity index (χ1v) is 8.09. The van der Waals surface area contributed by atoms with Crippen molar-refractivity contribution >= 4 is 11.9 Å². The van der Waals surface area contributed by atoms with Gasteiger partial charge in [0.05, 0.1) is 6.26 Å². The molecule has 0 saturated heterocycles. The Morgan fingerprint density at radius 3 is 2.73 bits per heavy atom. The van der Waals surface area contributed by atoms with E-state index in [9.17, 15) is 9.59 Å². The van der Waals surface area contributed by atoms with Crippen LogP contribution in [0.25, 0.3) is 0 Å². The van der Waals surface area contributed by atoms with Crippen LogP contribution in [0.5, 0.6) is 0 Å². The summed E-state index contributed by atoms with van der Waals surface area (Å²) in [5, 5.41) is 3.01. The molecule has 0 aliphatic heterocycles. The average Bonchev–Trinajstić information content (AvgIpc) is 3.23. The lowest BCUT2D eigenvalue weighted by molar-refractivity contribution is -0.130. The zero-order valence-corrected chi connectivity index (χ0v) is 13.1. The third-order valence-electron chi connectivity index (χ3n) is 5.18. The van der Waals surface area contributed by atoms with Crippen LogP contribution >= 0.6 is 0 Å². The highest BCUT2D eigenvalue weighted by molar-refractivity contribution is 5.90. The van der Waals surface area contributed by atoms with Crippen LogP contribution in [-0.2, 0) is 9.53 Å². The number of rotatable bonds is 5. The van der Waals surface area contributed by atoms with Crippen molar-refractivity contribution in [2.45, 2.75) is 51.7 Å². The lowest BCUT2D eigenvalue weighted by Crippen LogP contribution is -2.45. The smallest absolute Gasteiger partial charge is 0.374 e. The second kappa shape index (κ2) is 6.15. The summed E-state index contributed by atoms with van der Waals surface area (Å²) in [4.78, 5) is 24.0. The van der Waals surface area contributed by atoms with Gasteiger partial charge in [-0.05, 0) is 63.0 Å². The highest BCUT2D eigenvalue weighted by atomic mass is 16.6. The number of carbonyl (C=O) groups excluding carboxylic acids is 2. The van der Waals surface area contributed by atoms with E-state index in [1.807, 2.05) is 0 Å². The second-order valence-electron chi connectivity index (χ2n) is 6.66. The largest absolute Gasteiger partial charge is 0.457 e. The zero-order valence-electron chi connectivity index (χ0n) is 13.1. The molecule has 2 fully saturated rings. The van der Waals surface area contributed by atoms with Crippen molar-refractivity contribution in [3.05, 3.63) is 24.2 Å². The molecule has 0 unspecified atom stereocenters. The van der Waals surface area contributed by atoms with Gasteiger partial charge in [-0.25, -0.2) is 4.79 Å². The lowest BCUT2D eigenvalue weighted by atomic mass is 9.84. The van der Waals surface area contributed by atoms with Gasteiger partial charge in [0.25, 0.3) is 5.91 Å². The van der Waals surface area contributed by atoms with Crippen LogP contribution < -0.4 is 5.32 Å². The van der Waals surface area contributed by atoms with E-state index >= 15 is 0 Å². The van der Waals surface area contributed by atoms with E-state index in [4.69, 9.17) is 9.15 Å². The maximum atomic E-state index is 12.2. The average molecular weight is 305 g/mol. The molecule has 120 valence electrons. The Morgan fingerprint density at radius 2 is 2.14 bits per heavy atom. The third kappa shape index (κ3) is 3.03. The highest BCUT2D eigenvalue weighted by Crippen LogP contribution is 2.49. The van der Waals surface area contributed by atoms with Gasteiger partial charge in [0, 0.05) is 6.04 Å². The van der Waals surface area contributed by atoms with Crippen LogP contribution in [0.2, 0.25) is 0 Å². The molecule has 2 aliphatic carbocycles. The van der Waals surface area contributed by atoms with E-state index in [-0.39, 0.29) is 17.7 Å². The molecule has 2 saturated carbocycles. The van der Waals surface area contributed by atoms with E-state index in [0.29, 0.717) is 5.92 Å². The van der Waals surface area contributed by atoms with Crippen LogP contribution in [0.3, 0.4) is 0 Å². The van der Waals surface area contributed by atoms with Crippen molar-refractivity contribution in [1.82, 2.24) is 5.32 Å². The van der Waals surface area contributed by atoms with Gasteiger partial charge >= 0.3 is 5.97 Å². The van der Waals surface area contributed by atoms with E-state index in [1.165, 1.54) is 38.0 Å². The summed E-state index contributed by atoms with van der Waals surface area (Å²) in [5.74, 6) is 1.43. The Kier molecular flexibility index (Phi) is 4.23. The predicted octanol–water partition coefficient (Wildman–Crippen LogP) is 2.77. The summed E-state index contributed by atoms with van der Waals surface area (Å²) in [7, 11) is 0. The van der Waals surface area contributed by atoms with E-state index in [0.717, 1.165) is 11.8 Å². The van der Waals surface area contributed by atoms with Gasteiger partial charge in [-0.2, -0.15) is 0 Å². The van der Waals surface area contributed by atoms with Crippen molar-refractivity contribution in [3.63, 3.8) is 0 Å². The number of furan rings is 1. The third-order valence-corrected chi connectivity index (χ3v) is 5.18. The van der Waals surface area contributed by atoms with E-state index in [1.54, 1.807) is 13.0 Å². The molecule has 1 amide bonds. The van der Waals surface area contributed by atoms with Gasteiger partial charge in [-0.1, -0.05) is 6.42 Å². The molecule has 2 bridgehead atoms. The molecular weight excluding hydrogens is 282 g/mol. The molecule has 3 rings (SSSR count). The van der Waals surface area contributed by atoms with Crippen LogP contribution in [0, 0.1) is 17.8 Å². The number of ether oxygens (including phenoxy) is 1. The van der Waals surface area contributed by atoms with Crippen molar-refractivity contribution in [2.24, 2.45) is 17.8 Å². The minimum absolute atomic E-state index is 0.112. The molecule has 2 aliphatic rings. The molecule has 5 nitrogen and oxygen atoms in total. The Hall–Kier alpha value is -1.78. The maximum absolute atomic E-state index is 12.2. The number of amides is 1. The number of fused-ring (bicyclic) bond motifs is 2. The second-order valence-corrected chi connectivity index (χ2v) is 6.66. The Bertz CT molecular complexity index is 539. The van der Waals surface area contributed by atoms with Gasteiger partial charge in [-0.15, -0.1) is 0 Å². The summed E-state index contributed by atoms with van der Waals surface area (Å²) in [6, 6.07) is 3.26. The van der Waals surface area contributed by atoms with Gasteiger partial charge in [0.2, 0.25) is 5.76 Å². The first kappa shape index (κ1) is 15.1. The fraction of sp³-hybridized carbons (Fsp3) is 0.647. The topological polar surface area (TPSA) is 68.5 Å². The Balaban J connectivity index is 1.49. The first-order chi connectivity index (χ1) is 10.5. The van der Waals surface area contributed by atoms with Crippen molar-refractivity contribution in [2.75, 3.05) is 0 Å². The summed E-state index contributed by atoms with van der Waals surface area (Å²) < 4.78 is 10.1. The SMILES string of the molecule is C[C@H](OC(=O)c1ccco1)C(=O)N[C@@H](C)[C@@H]1C[C@H]2CC[C@H]1C2. The summed E-state index contributed by atoms with van der Waals surface area (Å²) in [5.41, 5.74) is 0. The van der Waals surface area contributed by atoms with Crippen LogP contribution in [0.1, 0.15) is 50.1 Å². The minimum atomic E-state index is -0.821. The molecule has 0 radical (unpaired) electrons. The van der Waals surface area contributed by atoms with Crippen LogP contribution in [0.4, 0.5) is 0 Å². The van der Waals surface area contributed by atoms with Crippen molar-refractivity contribution < 1.29 is 18.7 Å². The number of hydrogen-bond acceptors (Lipinski definition) is 4. The molecule has 0 spiro atoms. The molecule has 1 heterocycles. The first-order valence-electron chi connectivity index (χ1n) is 8.09. The molecule has 5 heteroatoms. The number of nitrogens with one attached hydrogen (secondary N) is 1.